The molecular formula is C27H25N5O7. The van der Waals surface area contributed by atoms with Crippen LogP contribution in [-0.2, 0) is 7.05 Å². The summed E-state index contributed by atoms with van der Waals surface area (Å²) >= 11 is 0. The van der Waals surface area contributed by atoms with Crippen LogP contribution in [0.4, 0.5) is 16.2 Å². The summed E-state index contributed by atoms with van der Waals surface area (Å²) in [6, 6.07) is 19.0. The molecule has 12 nitrogen and oxygen atoms in total. The Morgan fingerprint density at radius 3 is 2.51 bits per heavy atom. The number of amides is 2. The number of nitrogens with zero attached hydrogens (tertiary/aromatic N) is 3. The molecule has 12 heteroatoms. The van der Waals surface area contributed by atoms with Gasteiger partial charge in [-0.1, -0.05) is 6.07 Å². The summed E-state index contributed by atoms with van der Waals surface area (Å²) in [5, 5.41) is 20.4. The minimum Gasteiger partial charge on any atom is -0.497 e. The molecule has 2 amide bonds. The van der Waals surface area contributed by atoms with Crippen molar-refractivity contribution in [3.05, 3.63) is 94.7 Å². The molecule has 39 heavy (non-hydrogen) atoms. The highest BCUT2D eigenvalue weighted by molar-refractivity contribution is 6.04. The number of ether oxygens (including phenoxy) is 3. The van der Waals surface area contributed by atoms with Crippen LogP contribution in [-0.4, -0.2) is 47.0 Å². The Kier molecular flexibility index (Phi) is 8.36. The van der Waals surface area contributed by atoms with Crippen LogP contribution in [0.2, 0.25) is 0 Å². The van der Waals surface area contributed by atoms with Gasteiger partial charge in [-0.3, -0.25) is 19.6 Å². The Hall–Kier alpha value is -5.39. The van der Waals surface area contributed by atoms with Gasteiger partial charge >= 0.3 is 6.09 Å². The Labute approximate surface area is 223 Å². The van der Waals surface area contributed by atoms with Crippen molar-refractivity contribution in [2.75, 3.05) is 25.6 Å². The van der Waals surface area contributed by atoms with Crippen LogP contribution in [0.1, 0.15) is 10.4 Å². The number of non-ortho nitro benzene ring substituents is 1. The average molecular weight is 532 g/mol. The van der Waals surface area contributed by atoms with Gasteiger partial charge in [-0.2, -0.15) is 5.10 Å². The van der Waals surface area contributed by atoms with Crippen molar-refractivity contribution in [1.82, 2.24) is 15.1 Å². The molecule has 0 unspecified atom stereocenters. The van der Waals surface area contributed by atoms with E-state index in [1.54, 1.807) is 60.4 Å². The molecule has 0 spiro atoms. The van der Waals surface area contributed by atoms with Crippen molar-refractivity contribution < 1.29 is 28.7 Å². The topological polar surface area (TPSA) is 147 Å². The minimum absolute atomic E-state index is 0.105. The molecule has 4 rings (SSSR count). The molecule has 0 aliphatic heterocycles. The zero-order valence-corrected chi connectivity index (χ0v) is 21.1. The number of nitro groups is 1. The van der Waals surface area contributed by atoms with Crippen molar-refractivity contribution in [1.29, 1.82) is 0 Å². The summed E-state index contributed by atoms with van der Waals surface area (Å²) in [7, 11) is 3.32. The van der Waals surface area contributed by atoms with Crippen LogP contribution in [0.3, 0.4) is 0 Å². The molecule has 200 valence electrons. The fraction of sp³-hybridized carbons (Fsp3) is 0.148. The van der Waals surface area contributed by atoms with Crippen LogP contribution in [0, 0.1) is 10.1 Å². The van der Waals surface area contributed by atoms with Gasteiger partial charge in [0.15, 0.2) is 0 Å². The number of hydrogen-bond donors (Lipinski definition) is 2. The number of carbonyl (C=O) groups excluding carboxylic acids is 2. The van der Waals surface area contributed by atoms with Gasteiger partial charge in [-0.15, -0.1) is 0 Å². The van der Waals surface area contributed by atoms with Crippen molar-refractivity contribution >= 4 is 23.4 Å². The van der Waals surface area contributed by atoms with Gasteiger partial charge < -0.3 is 24.8 Å². The molecule has 1 heterocycles. The largest absolute Gasteiger partial charge is 0.497 e. The number of carbonyl (C=O) groups is 2. The normalized spacial score (nSPS) is 10.4. The first-order chi connectivity index (χ1) is 18.8. The van der Waals surface area contributed by atoms with E-state index in [9.17, 15) is 19.7 Å². The van der Waals surface area contributed by atoms with E-state index in [0.29, 0.717) is 28.3 Å². The number of aromatic nitrogens is 2. The van der Waals surface area contributed by atoms with Crippen molar-refractivity contribution in [2.24, 2.45) is 7.05 Å². The second-order valence-corrected chi connectivity index (χ2v) is 8.15. The molecule has 0 bridgehead atoms. The first kappa shape index (κ1) is 26.7. The lowest BCUT2D eigenvalue weighted by Gasteiger charge is -2.15. The number of benzene rings is 3. The van der Waals surface area contributed by atoms with E-state index in [0.717, 1.165) is 5.69 Å². The summed E-state index contributed by atoms with van der Waals surface area (Å²) in [6.07, 6.45) is 0.922. The highest BCUT2D eigenvalue weighted by atomic mass is 16.6. The highest BCUT2D eigenvalue weighted by Crippen LogP contribution is 2.32. The molecule has 4 aromatic rings. The Morgan fingerprint density at radius 2 is 1.82 bits per heavy atom. The fourth-order valence-electron chi connectivity index (χ4n) is 3.63. The van der Waals surface area contributed by atoms with Gasteiger partial charge in [0, 0.05) is 42.2 Å². The maximum atomic E-state index is 12.8. The second kappa shape index (κ2) is 12.2. The summed E-state index contributed by atoms with van der Waals surface area (Å²) < 4.78 is 17.9. The predicted octanol–water partition coefficient (Wildman–Crippen LogP) is 4.42. The van der Waals surface area contributed by atoms with E-state index < -0.39 is 11.0 Å². The van der Waals surface area contributed by atoms with E-state index in [1.165, 1.54) is 31.4 Å². The number of aryl methyl sites for hydroxylation is 1. The minimum atomic E-state index is -0.727. The first-order valence-corrected chi connectivity index (χ1v) is 11.7. The number of nitro benzene ring substituents is 1. The van der Waals surface area contributed by atoms with Gasteiger partial charge in [0.25, 0.3) is 11.6 Å². The number of nitrogens with one attached hydrogen (secondary N) is 2. The molecule has 3 aromatic carbocycles. The van der Waals surface area contributed by atoms with Crippen molar-refractivity contribution in [2.45, 2.75) is 0 Å². The molecular weight excluding hydrogens is 506 g/mol. The Bertz CT molecular complexity index is 1480. The maximum absolute atomic E-state index is 12.8. The molecule has 0 fully saturated rings. The Balaban J connectivity index is 1.39. The third kappa shape index (κ3) is 6.89. The SMILES string of the molecule is COc1cccc(C(=O)Nc2ccc(OCCNC(=O)Oc3ccc([N+](=O)[O-])cc3)c(-c3ccnn3C)c2)c1. The quantitative estimate of drug-likeness (QED) is 0.174. The first-order valence-electron chi connectivity index (χ1n) is 11.7. The lowest BCUT2D eigenvalue weighted by Crippen LogP contribution is -2.30. The van der Waals surface area contributed by atoms with E-state index in [-0.39, 0.29) is 30.5 Å². The van der Waals surface area contributed by atoms with Gasteiger partial charge in [-0.25, -0.2) is 4.79 Å². The summed E-state index contributed by atoms with van der Waals surface area (Å²) in [5.41, 5.74) is 2.34. The number of rotatable bonds is 10. The molecule has 0 radical (unpaired) electrons. The lowest BCUT2D eigenvalue weighted by molar-refractivity contribution is -0.384. The summed E-state index contributed by atoms with van der Waals surface area (Å²) in [4.78, 5) is 35.0. The molecule has 0 aliphatic carbocycles. The van der Waals surface area contributed by atoms with Crippen LogP contribution in [0.25, 0.3) is 11.3 Å². The van der Waals surface area contributed by atoms with Crippen LogP contribution >= 0.6 is 0 Å². The predicted molar refractivity (Wildman–Crippen MR) is 142 cm³/mol. The number of hydrogen-bond acceptors (Lipinski definition) is 8. The summed E-state index contributed by atoms with van der Waals surface area (Å²) in [5.74, 6) is 0.967. The molecule has 0 atom stereocenters. The third-order valence-electron chi connectivity index (χ3n) is 5.55. The monoisotopic (exact) mass is 531 g/mol. The number of anilines is 1. The second-order valence-electron chi connectivity index (χ2n) is 8.15. The zero-order valence-electron chi connectivity index (χ0n) is 21.1. The van der Waals surface area contributed by atoms with Gasteiger partial charge in [0.2, 0.25) is 0 Å². The highest BCUT2D eigenvalue weighted by Gasteiger charge is 2.14. The van der Waals surface area contributed by atoms with E-state index in [4.69, 9.17) is 14.2 Å². The van der Waals surface area contributed by atoms with Crippen LogP contribution in [0.15, 0.2) is 79.0 Å². The molecule has 2 N–H and O–H groups in total. The molecule has 1 aromatic heterocycles. The fourth-order valence-corrected chi connectivity index (χ4v) is 3.63. The average Bonchev–Trinajstić information content (AvgIpc) is 3.37. The molecule has 0 saturated heterocycles. The lowest BCUT2D eigenvalue weighted by atomic mass is 10.1. The zero-order chi connectivity index (χ0) is 27.8. The standard InChI is InChI=1S/C27H25N5O7/c1-31-24(12-13-29-31)23-17-19(30-26(33)18-4-3-5-22(16-18)37-2)6-11-25(23)38-15-14-28-27(34)39-21-9-7-20(8-10-21)32(35)36/h3-13,16-17H,14-15H2,1-2H3,(H,28,34)(H,30,33). The van der Waals surface area contributed by atoms with E-state index in [2.05, 4.69) is 15.7 Å². The number of methoxy groups -OCH3 is 1. The van der Waals surface area contributed by atoms with Crippen molar-refractivity contribution in [3.8, 4) is 28.5 Å². The summed E-state index contributed by atoms with van der Waals surface area (Å²) in [6.45, 7) is 0.251. The van der Waals surface area contributed by atoms with E-state index >= 15 is 0 Å². The van der Waals surface area contributed by atoms with Crippen LogP contribution < -0.4 is 24.8 Å². The van der Waals surface area contributed by atoms with Crippen molar-refractivity contribution in [3.63, 3.8) is 0 Å². The van der Waals surface area contributed by atoms with Gasteiger partial charge in [-0.05, 0) is 54.6 Å². The van der Waals surface area contributed by atoms with E-state index in [1.807, 2.05) is 6.07 Å². The molecule has 0 aliphatic rings. The van der Waals surface area contributed by atoms with Crippen LogP contribution in [0.5, 0.6) is 17.2 Å². The van der Waals surface area contributed by atoms with Gasteiger partial charge in [0.1, 0.15) is 23.9 Å². The maximum Gasteiger partial charge on any atom is 0.412 e. The van der Waals surface area contributed by atoms with Gasteiger partial charge in [0.05, 0.1) is 24.3 Å². The Morgan fingerprint density at radius 1 is 1.03 bits per heavy atom. The third-order valence-corrected chi connectivity index (χ3v) is 5.55. The smallest absolute Gasteiger partial charge is 0.412 e. The molecule has 0 saturated carbocycles.